The quantitative estimate of drug-likeness (QED) is 0.723. The van der Waals surface area contributed by atoms with Gasteiger partial charge in [0, 0.05) is 11.4 Å². The Labute approximate surface area is 108 Å². The molecule has 0 N–H and O–H groups in total. The predicted molar refractivity (Wildman–Crippen MR) is 65.4 cm³/mol. The lowest BCUT2D eigenvalue weighted by atomic mass is 10.0. The van der Waals surface area contributed by atoms with Crippen LogP contribution in [0.15, 0.2) is 48.5 Å². The molecule has 93 valence electrons. The van der Waals surface area contributed by atoms with Crippen molar-refractivity contribution < 1.29 is 13.2 Å². The van der Waals surface area contributed by atoms with Crippen molar-refractivity contribution in [3.63, 3.8) is 0 Å². The van der Waals surface area contributed by atoms with Crippen LogP contribution in [-0.2, 0) is 6.18 Å². The second kappa shape index (κ2) is 5.02. The van der Waals surface area contributed by atoms with Gasteiger partial charge in [0.15, 0.2) is 0 Å². The first kappa shape index (κ1) is 13.0. The first-order valence-electron chi connectivity index (χ1n) is 5.23. The third-order valence-corrected chi connectivity index (χ3v) is 2.67. The number of rotatable bonds is 2. The van der Waals surface area contributed by atoms with Crippen LogP contribution in [0, 0.1) is 6.42 Å². The van der Waals surface area contributed by atoms with Gasteiger partial charge >= 0.3 is 6.18 Å². The summed E-state index contributed by atoms with van der Waals surface area (Å²) in [5, 5.41) is 0.594. The average molecular weight is 270 g/mol. The molecular weight excluding hydrogens is 261 g/mol. The molecule has 2 aromatic rings. The molecule has 0 saturated carbocycles. The summed E-state index contributed by atoms with van der Waals surface area (Å²) >= 11 is 5.74. The van der Waals surface area contributed by atoms with Gasteiger partial charge in [0.2, 0.25) is 0 Å². The van der Waals surface area contributed by atoms with E-state index in [2.05, 4.69) is 0 Å². The number of benzene rings is 2. The average Bonchev–Trinajstić information content (AvgIpc) is 2.31. The zero-order valence-corrected chi connectivity index (χ0v) is 9.96. The molecule has 2 rings (SSSR count). The Morgan fingerprint density at radius 3 is 2.17 bits per heavy atom. The predicted octanol–water partition coefficient (Wildman–Crippen LogP) is 4.96. The van der Waals surface area contributed by atoms with Crippen molar-refractivity contribution in [3.8, 4) is 0 Å². The zero-order valence-electron chi connectivity index (χ0n) is 9.21. The first-order chi connectivity index (χ1) is 8.45. The highest BCUT2D eigenvalue weighted by Crippen LogP contribution is 2.30. The van der Waals surface area contributed by atoms with Gasteiger partial charge in [-0.1, -0.05) is 41.9 Å². The van der Waals surface area contributed by atoms with Crippen molar-refractivity contribution in [3.05, 3.63) is 76.7 Å². The minimum atomic E-state index is -4.32. The van der Waals surface area contributed by atoms with E-state index in [4.69, 9.17) is 11.6 Å². The van der Waals surface area contributed by atoms with Crippen LogP contribution in [0.25, 0.3) is 0 Å². The molecule has 0 aliphatic carbocycles. The number of hydrogen-bond acceptors (Lipinski definition) is 0. The summed E-state index contributed by atoms with van der Waals surface area (Å²) in [7, 11) is 0. The number of hydrogen-bond donors (Lipinski definition) is 0. The Hall–Kier alpha value is -1.48. The fourth-order valence-corrected chi connectivity index (χ4v) is 1.68. The second-order valence-corrected chi connectivity index (χ2v) is 4.26. The van der Waals surface area contributed by atoms with Gasteiger partial charge in [0.1, 0.15) is 0 Å². The fourth-order valence-electron chi connectivity index (χ4n) is 1.56. The van der Waals surface area contributed by atoms with Gasteiger partial charge < -0.3 is 0 Å². The van der Waals surface area contributed by atoms with Crippen molar-refractivity contribution in [2.45, 2.75) is 6.18 Å². The van der Waals surface area contributed by atoms with Gasteiger partial charge in [-0.05, 0) is 29.3 Å². The Bertz CT molecular complexity index is 529. The third-order valence-electron chi connectivity index (χ3n) is 2.42. The van der Waals surface area contributed by atoms with E-state index in [1.165, 1.54) is 6.07 Å². The van der Waals surface area contributed by atoms with E-state index in [1.54, 1.807) is 36.8 Å². The first-order valence-corrected chi connectivity index (χ1v) is 5.60. The highest BCUT2D eigenvalue weighted by molar-refractivity contribution is 6.30. The summed E-state index contributed by atoms with van der Waals surface area (Å²) < 4.78 is 37.6. The van der Waals surface area contributed by atoms with Crippen LogP contribution in [0.3, 0.4) is 0 Å². The smallest absolute Gasteiger partial charge is 0.166 e. The van der Waals surface area contributed by atoms with E-state index in [9.17, 15) is 13.2 Å². The molecule has 0 nitrogen and oxygen atoms in total. The maximum atomic E-state index is 12.5. The monoisotopic (exact) mass is 269 g/mol. The summed E-state index contributed by atoms with van der Waals surface area (Å²) in [5.41, 5.74) is 0.663. The van der Waals surface area contributed by atoms with E-state index in [0.717, 1.165) is 17.7 Å². The maximum Gasteiger partial charge on any atom is 0.416 e. The SMILES string of the molecule is FC(F)(F)c1cccc([CH]c2ccc(Cl)cc2)c1. The molecule has 0 unspecified atom stereocenters. The molecule has 0 aliphatic heterocycles. The van der Waals surface area contributed by atoms with E-state index in [1.807, 2.05) is 0 Å². The van der Waals surface area contributed by atoms with Gasteiger partial charge in [-0.15, -0.1) is 0 Å². The summed E-state index contributed by atoms with van der Waals surface area (Å²) in [6.45, 7) is 0. The van der Waals surface area contributed by atoms with Crippen LogP contribution < -0.4 is 0 Å². The standard InChI is InChI=1S/C14H9ClF3/c15-13-6-4-10(5-7-13)8-11-2-1-3-12(9-11)14(16,17)18/h1-9H. The molecule has 18 heavy (non-hydrogen) atoms. The topological polar surface area (TPSA) is 0 Å². The number of halogens is 4. The summed E-state index contributed by atoms with van der Waals surface area (Å²) in [4.78, 5) is 0. The fraction of sp³-hybridized carbons (Fsp3) is 0.0714. The Balaban J connectivity index is 2.22. The summed E-state index contributed by atoms with van der Waals surface area (Å²) in [6.07, 6.45) is -2.64. The minimum absolute atomic E-state index is 0.507. The molecule has 0 atom stereocenters. The minimum Gasteiger partial charge on any atom is -0.166 e. The molecule has 4 heteroatoms. The molecule has 0 aromatic heterocycles. The van der Waals surface area contributed by atoms with Crippen molar-refractivity contribution in [1.29, 1.82) is 0 Å². The normalized spacial score (nSPS) is 11.6. The van der Waals surface area contributed by atoms with Crippen LogP contribution in [0.2, 0.25) is 5.02 Å². The molecule has 0 bridgehead atoms. The zero-order chi connectivity index (χ0) is 13.2. The molecule has 0 spiro atoms. The Kier molecular flexibility index (Phi) is 3.62. The number of alkyl halides is 3. The molecule has 0 amide bonds. The van der Waals surface area contributed by atoms with E-state index in [0.29, 0.717) is 10.6 Å². The molecule has 0 fully saturated rings. The van der Waals surface area contributed by atoms with Crippen molar-refractivity contribution >= 4 is 11.6 Å². The molecule has 0 aliphatic rings. The van der Waals surface area contributed by atoms with Crippen LogP contribution >= 0.6 is 11.6 Å². The second-order valence-electron chi connectivity index (χ2n) is 3.82. The molecular formula is C14H9ClF3. The lowest BCUT2D eigenvalue weighted by Gasteiger charge is -2.08. The Morgan fingerprint density at radius 2 is 1.56 bits per heavy atom. The lowest BCUT2D eigenvalue weighted by Crippen LogP contribution is -2.05. The van der Waals surface area contributed by atoms with Crippen molar-refractivity contribution in [1.82, 2.24) is 0 Å². The largest absolute Gasteiger partial charge is 0.416 e. The Morgan fingerprint density at radius 1 is 0.889 bits per heavy atom. The highest BCUT2D eigenvalue weighted by atomic mass is 35.5. The van der Waals surface area contributed by atoms with Gasteiger partial charge in [0.05, 0.1) is 5.56 Å². The van der Waals surface area contributed by atoms with Crippen LogP contribution in [0.1, 0.15) is 16.7 Å². The van der Waals surface area contributed by atoms with Gasteiger partial charge in [0.25, 0.3) is 0 Å². The van der Waals surface area contributed by atoms with Gasteiger partial charge in [-0.3, -0.25) is 0 Å². The maximum absolute atomic E-state index is 12.5. The highest BCUT2D eigenvalue weighted by Gasteiger charge is 2.30. The summed E-state index contributed by atoms with van der Waals surface area (Å²) in [6, 6.07) is 12.1. The van der Waals surface area contributed by atoms with Gasteiger partial charge in [-0.2, -0.15) is 13.2 Å². The lowest BCUT2D eigenvalue weighted by molar-refractivity contribution is -0.137. The van der Waals surface area contributed by atoms with Crippen LogP contribution in [0.5, 0.6) is 0 Å². The molecule has 0 saturated heterocycles. The van der Waals surface area contributed by atoms with Gasteiger partial charge in [-0.25, -0.2) is 0 Å². The van der Waals surface area contributed by atoms with Crippen molar-refractivity contribution in [2.24, 2.45) is 0 Å². The summed E-state index contributed by atoms with van der Waals surface area (Å²) in [5.74, 6) is 0. The van der Waals surface area contributed by atoms with E-state index >= 15 is 0 Å². The van der Waals surface area contributed by atoms with Crippen LogP contribution in [0.4, 0.5) is 13.2 Å². The molecule has 0 heterocycles. The van der Waals surface area contributed by atoms with Crippen molar-refractivity contribution in [2.75, 3.05) is 0 Å². The molecule has 2 aromatic carbocycles. The van der Waals surface area contributed by atoms with E-state index < -0.39 is 11.7 Å². The van der Waals surface area contributed by atoms with E-state index in [-0.39, 0.29) is 0 Å². The molecule has 1 radical (unpaired) electrons. The third kappa shape index (κ3) is 3.26. The van der Waals surface area contributed by atoms with Crippen LogP contribution in [-0.4, -0.2) is 0 Å².